The number of hydrogen-bond donors (Lipinski definition) is 1. The van der Waals surface area contributed by atoms with Crippen LogP contribution in [0.5, 0.6) is 5.75 Å². The Balaban J connectivity index is 2.04. The first kappa shape index (κ1) is 18.1. The third-order valence-electron chi connectivity index (χ3n) is 4.36. The minimum absolute atomic E-state index is 0.0898. The molecular formula is C19H19Cl2FN2O. The summed E-state index contributed by atoms with van der Waals surface area (Å²) in [7, 11) is 1.92. The van der Waals surface area contributed by atoms with Gasteiger partial charge in [-0.25, -0.2) is 4.39 Å². The summed E-state index contributed by atoms with van der Waals surface area (Å²) < 4.78 is 22.3. The SMILES string of the molecule is CC(CN)c1cn(C)c2ccc(F)c(OCc3ccc(Cl)cc3Cl)c12. The number of rotatable bonds is 5. The van der Waals surface area contributed by atoms with Crippen LogP contribution in [0, 0.1) is 5.82 Å². The maximum absolute atomic E-state index is 14.5. The van der Waals surface area contributed by atoms with Crippen molar-refractivity contribution in [3.63, 3.8) is 0 Å². The molecule has 0 bridgehead atoms. The molecule has 0 spiro atoms. The molecule has 2 aromatic carbocycles. The normalized spacial score (nSPS) is 12.6. The molecule has 3 rings (SSSR count). The minimum atomic E-state index is -0.408. The minimum Gasteiger partial charge on any atom is -0.485 e. The molecule has 3 aromatic rings. The van der Waals surface area contributed by atoms with E-state index in [0.717, 1.165) is 22.0 Å². The fraction of sp³-hybridized carbons (Fsp3) is 0.263. The number of aryl methyl sites for hydroxylation is 1. The molecule has 25 heavy (non-hydrogen) atoms. The van der Waals surface area contributed by atoms with Gasteiger partial charge in [-0.1, -0.05) is 36.2 Å². The zero-order chi connectivity index (χ0) is 18.1. The number of hydrogen-bond acceptors (Lipinski definition) is 2. The Kier molecular flexibility index (Phi) is 5.23. The van der Waals surface area contributed by atoms with Crippen LogP contribution in [0.3, 0.4) is 0 Å². The summed E-state index contributed by atoms with van der Waals surface area (Å²) in [6.45, 7) is 2.63. The largest absolute Gasteiger partial charge is 0.485 e. The van der Waals surface area contributed by atoms with Crippen molar-refractivity contribution >= 4 is 34.1 Å². The quantitative estimate of drug-likeness (QED) is 0.655. The summed E-state index contributed by atoms with van der Waals surface area (Å²) in [5.41, 5.74) is 8.43. The number of benzene rings is 2. The molecule has 0 saturated carbocycles. The molecule has 0 saturated heterocycles. The van der Waals surface area contributed by atoms with Crippen molar-refractivity contribution in [3.8, 4) is 5.75 Å². The molecule has 1 atom stereocenters. The van der Waals surface area contributed by atoms with Crippen molar-refractivity contribution in [1.29, 1.82) is 0 Å². The van der Waals surface area contributed by atoms with Crippen LogP contribution in [0.25, 0.3) is 10.9 Å². The standard InChI is InChI=1S/C19H19Cl2FN2O/c1-11(8-23)14-9-24(2)17-6-5-16(22)19(18(14)17)25-10-12-3-4-13(20)7-15(12)21/h3-7,9,11H,8,10,23H2,1-2H3. The first-order valence-electron chi connectivity index (χ1n) is 7.96. The Morgan fingerprint density at radius 3 is 2.68 bits per heavy atom. The van der Waals surface area contributed by atoms with E-state index in [4.69, 9.17) is 33.7 Å². The molecule has 0 radical (unpaired) electrons. The highest BCUT2D eigenvalue weighted by Gasteiger charge is 2.19. The topological polar surface area (TPSA) is 40.2 Å². The predicted octanol–water partition coefficient (Wildman–Crippen LogP) is 5.27. The zero-order valence-electron chi connectivity index (χ0n) is 14.0. The van der Waals surface area contributed by atoms with Gasteiger partial charge in [0.1, 0.15) is 6.61 Å². The molecule has 6 heteroatoms. The summed E-state index contributed by atoms with van der Waals surface area (Å²) in [5.74, 6) is -0.0966. The predicted molar refractivity (Wildman–Crippen MR) is 101 cm³/mol. The molecule has 0 aliphatic rings. The van der Waals surface area contributed by atoms with Gasteiger partial charge in [0, 0.05) is 34.2 Å². The summed E-state index contributed by atoms with van der Waals surface area (Å²) in [6.07, 6.45) is 1.98. The fourth-order valence-electron chi connectivity index (χ4n) is 2.89. The number of aromatic nitrogens is 1. The van der Waals surface area contributed by atoms with Crippen LogP contribution < -0.4 is 10.5 Å². The van der Waals surface area contributed by atoms with Gasteiger partial charge in [-0.05, 0) is 42.3 Å². The van der Waals surface area contributed by atoms with E-state index in [0.29, 0.717) is 16.6 Å². The molecule has 0 amide bonds. The van der Waals surface area contributed by atoms with E-state index in [1.54, 1.807) is 24.3 Å². The monoisotopic (exact) mass is 380 g/mol. The lowest BCUT2D eigenvalue weighted by molar-refractivity contribution is 0.294. The molecule has 1 unspecified atom stereocenters. The van der Waals surface area contributed by atoms with Gasteiger partial charge in [0.25, 0.3) is 0 Å². The average molecular weight is 381 g/mol. The van der Waals surface area contributed by atoms with Gasteiger partial charge in [-0.15, -0.1) is 0 Å². The highest BCUT2D eigenvalue weighted by Crippen LogP contribution is 2.37. The maximum atomic E-state index is 14.5. The van der Waals surface area contributed by atoms with Crippen LogP contribution in [0.4, 0.5) is 4.39 Å². The molecule has 0 aliphatic carbocycles. The Hall–Kier alpha value is -1.75. The summed E-state index contributed by atoms with van der Waals surface area (Å²) in [6, 6.07) is 8.31. The Labute approximate surface area is 156 Å². The third-order valence-corrected chi connectivity index (χ3v) is 4.95. The molecule has 1 aromatic heterocycles. The van der Waals surface area contributed by atoms with E-state index >= 15 is 0 Å². The van der Waals surface area contributed by atoms with Gasteiger partial charge in [-0.2, -0.15) is 0 Å². The lowest BCUT2D eigenvalue weighted by atomic mass is 10.00. The number of halogens is 3. The highest BCUT2D eigenvalue weighted by atomic mass is 35.5. The average Bonchev–Trinajstić information content (AvgIpc) is 2.91. The van der Waals surface area contributed by atoms with Crippen molar-refractivity contribution < 1.29 is 9.13 Å². The number of nitrogens with two attached hydrogens (primary N) is 1. The van der Waals surface area contributed by atoms with Crippen LogP contribution in [0.15, 0.2) is 36.5 Å². The lowest BCUT2D eigenvalue weighted by Crippen LogP contribution is -2.09. The maximum Gasteiger partial charge on any atom is 0.165 e. The molecule has 1 heterocycles. The van der Waals surface area contributed by atoms with Crippen molar-refractivity contribution in [2.24, 2.45) is 12.8 Å². The van der Waals surface area contributed by atoms with Crippen LogP contribution in [-0.2, 0) is 13.7 Å². The van der Waals surface area contributed by atoms with Crippen LogP contribution in [0.1, 0.15) is 24.0 Å². The second kappa shape index (κ2) is 7.24. The van der Waals surface area contributed by atoms with Crippen molar-refractivity contribution in [1.82, 2.24) is 4.57 Å². The first-order valence-corrected chi connectivity index (χ1v) is 8.72. The first-order chi connectivity index (χ1) is 11.9. The Bertz CT molecular complexity index is 923. The second-order valence-electron chi connectivity index (χ2n) is 6.13. The Morgan fingerprint density at radius 1 is 1.24 bits per heavy atom. The molecule has 3 nitrogen and oxygen atoms in total. The van der Waals surface area contributed by atoms with Gasteiger partial charge in [-0.3, -0.25) is 0 Å². The van der Waals surface area contributed by atoms with Crippen LogP contribution in [-0.4, -0.2) is 11.1 Å². The molecule has 0 fully saturated rings. The second-order valence-corrected chi connectivity index (χ2v) is 6.97. The van der Waals surface area contributed by atoms with E-state index in [9.17, 15) is 4.39 Å². The van der Waals surface area contributed by atoms with E-state index in [1.165, 1.54) is 6.07 Å². The molecule has 0 aliphatic heterocycles. The van der Waals surface area contributed by atoms with Crippen LogP contribution in [0.2, 0.25) is 10.0 Å². The third kappa shape index (κ3) is 3.47. The van der Waals surface area contributed by atoms with E-state index in [1.807, 2.05) is 24.7 Å². The van der Waals surface area contributed by atoms with Crippen molar-refractivity contribution in [2.75, 3.05) is 6.54 Å². The van der Waals surface area contributed by atoms with Gasteiger partial charge in [0.2, 0.25) is 0 Å². The number of ether oxygens (including phenoxy) is 1. The number of fused-ring (bicyclic) bond motifs is 1. The summed E-state index contributed by atoms with van der Waals surface area (Å²) in [5, 5.41) is 1.79. The lowest BCUT2D eigenvalue weighted by Gasteiger charge is -2.13. The summed E-state index contributed by atoms with van der Waals surface area (Å²) in [4.78, 5) is 0. The van der Waals surface area contributed by atoms with Crippen LogP contribution >= 0.6 is 23.2 Å². The van der Waals surface area contributed by atoms with E-state index in [-0.39, 0.29) is 18.3 Å². The fourth-order valence-corrected chi connectivity index (χ4v) is 3.36. The van der Waals surface area contributed by atoms with Crippen molar-refractivity contribution in [3.05, 3.63) is 63.5 Å². The van der Waals surface area contributed by atoms with Gasteiger partial charge in [0.05, 0.1) is 5.52 Å². The van der Waals surface area contributed by atoms with Gasteiger partial charge >= 0.3 is 0 Å². The molecule has 2 N–H and O–H groups in total. The smallest absolute Gasteiger partial charge is 0.165 e. The van der Waals surface area contributed by atoms with E-state index in [2.05, 4.69) is 0 Å². The molecule has 132 valence electrons. The number of nitrogens with zero attached hydrogens (tertiary/aromatic N) is 1. The highest BCUT2D eigenvalue weighted by molar-refractivity contribution is 6.35. The molecular weight excluding hydrogens is 362 g/mol. The van der Waals surface area contributed by atoms with Gasteiger partial charge < -0.3 is 15.0 Å². The van der Waals surface area contributed by atoms with Crippen molar-refractivity contribution in [2.45, 2.75) is 19.4 Å². The van der Waals surface area contributed by atoms with E-state index < -0.39 is 5.82 Å². The zero-order valence-corrected chi connectivity index (χ0v) is 15.5. The Morgan fingerprint density at radius 2 is 2.00 bits per heavy atom. The summed E-state index contributed by atoms with van der Waals surface area (Å²) >= 11 is 12.1. The van der Waals surface area contributed by atoms with Gasteiger partial charge in [0.15, 0.2) is 11.6 Å².